The minimum atomic E-state index is -0.911. The lowest BCUT2D eigenvalue weighted by Gasteiger charge is -2.31. The average Bonchev–Trinajstić information content (AvgIpc) is 3.27. The number of anilines is 1. The van der Waals surface area contributed by atoms with E-state index in [0.29, 0.717) is 30.9 Å². The van der Waals surface area contributed by atoms with Crippen LogP contribution >= 0.6 is 0 Å². The number of hydrogen-bond donors (Lipinski definition) is 1. The van der Waals surface area contributed by atoms with E-state index in [2.05, 4.69) is 33.3 Å². The van der Waals surface area contributed by atoms with Gasteiger partial charge in [-0.15, -0.1) is 0 Å². The van der Waals surface area contributed by atoms with Gasteiger partial charge in [-0.2, -0.15) is 4.98 Å². The molecule has 0 spiro atoms. The molecule has 2 saturated heterocycles. The first-order valence-corrected chi connectivity index (χ1v) is 9.67. The number of ether oxygens (including phenoxy) is 1. The second-order valence-corrected chi connectivity index (χ2v) is 7.43. The fourth-order valence-corrected chi connectivity index (χ4v) is 3.89. The summed E-state index contributed by atoms with van der Waals surface area (Å²) >= 11 is 0. The molecule has 2 aliphatic rings. The molecule has 2 aliphatic heterocycles. The van der Waals surface area contributed by atoms with Crippen LogP contribution in [0.25, 0.3) is 11.2 Å². The summed E-state index contributed by atoms with van der Waals surface area (Å²) in [5, 5.41) is 9.13. The van der Waals surface area contributed by atoms with E-state index in [9.17, 15) is 4.79 Å². The molecule has 4 rings (SSSR count). The molecule has 1 unspecified atom stereocenters. The first-order chi connectivity index (χ1) is 13.1. The van der Waals surface area contributed by atoms with E-state index in [1.54, 1.807) is 0 Å². The van der Waals surface area contributed by atoms with Crippen molar-refractivity contribution in [2.45, 2.75) is 45.8 Å². The van der Waals surface area contributed by atoms with Crippen molar-refractivity contribution >= 4 is 23.2 Å². The lowest BCUT2D eigenvalue weighted by molar-refractivity contribution is 0.145. The molecule has 2 fully saturated rings. The molecular formula is C18H26N6O3. The number of piperidine rings is 1. The Labute approximate surface area is 158 Å². The smallest absolute Gasteiger partial charge is 0.407 e. The van der Waals surface area contributed by atoms with Gasteiger partial charge in [0, 0.05) is 32.6 Å². The lowest BCUT2D eigenvalue weighted by Crippen LogP contribution is -2.34. The van der Waals surface area contributed by atoms with Crippen molar-refractivity contribution in [3.8, 4) is 5.88 Å². The number of amides is 1. The van der Waals surface area contributed by atoms with E-state index < -0.39 is 6.09 Å². The van der Waals surface area contributed by atoms with Gasteiger partial charge in [-0.25, -0.2) is 14.8 Å². The molecule has 2 aromatic rings. The number of hydrogen-bond acceptors (Lipinski definition) is 6. The molecule has 9 heteroatoms. The van der Waals surface area contributed by atoms with Crippen molar-refractivity contribution in [3.05, 3.63) is 6.33 Å². The first-order valence-electron chi connectivity index (χ1n) is 9.67. The van der Waals surface area contributed by atoms with Gasteiger partial charge in [-0.3, -0.25) is 4.57 Å². The second-order valence-electron chi connectivity index (χ2n) is 7.43. The van der Waals surface area contributed by atoms with Gasteiger partial charge in [0.2, 0.25) is 11.8 Å². The van der Waals surface area contributed by atoms with Gasteiger partial charge in [0.1, 0.15) is 12.4 Å². The van der Waals surface area contributed by atoms with Crippen LogP contribution in [0.5, 0.6) is 5.88 Å². The second kappa shape index (κ2) is 7.21. The van der Waals surface area contributed by atoms with E-state index in [-0.39, 0.29) is 6.10 Å². The molecule has 4 heterocycles. The maximum absolute atomic E-state index is 11.1. The van der Waals surface area contributed by atoms with Crippen LogP contribution in [0.2, 0.25) is 0 Å². The summed E-state index contributed by atoms with van der Waals surface area (Å²) in [4.78, 5) is 28.4. The third-order valence-electron chi connectivity index (χ3n) is 5.55. The molecule has 27 heavy (non-hydrogen) atoms. The summed E-state index contributed by atoms with van der Waals surface area (Å²) in [6.45, 7) is 7.96. The largest absolute Gasteiger partial charge is 0.471 e. The highest BCUT2D eigenvalue weighted by Gasteiger charge is 2.29. The lowest BCUT2D eigenvalue weighted by atomic mass is 10.00. The van der Waals surface area contributed by atoms with E-state index in [0.717, 1.165) is 50.0 Å². The molecule has 1 amide bonds. The fraction of sp³-hybridized carbons (Fsp3) is 0.667. The highest BCUT2D eigenvalue weighted by molar-refractivity contribution is 5.79. The summed E-state index contributed by atoms with van der Waals surface area (Å²) in [7, 11) is 0. The van der Waals surface area contributed by atoms with Crippen molar-refractivity contribution in [2.75, 3.05) is 31.1 Å². The summed E-state index contributed by atoms with van der Waals surface area (Å²) in [6, 6.07) is 0. The fourth-order valence-electron chi connectivity index (χ4n) is 3.89. The topological polar surface area (TPSA) is 96.6 Å². The Morgan fingerprint density at radius 3 is 2.70 bits per heavy atom. The number of aryl methyl sites for hydroxylation is 1. The predicted molar refractivity (Wildman–Crippen MR) is 100 cm³/mol. The molecule has 0 bridgehead atoms. The van der Waals surface area contributed by atoms with Gasteiger partial charge in [0.15, 0.2) is 11.2 Å². The van der Waals surface area contributed by atoms with E-state index >= 15 is 0 Å². The number of carboxylic acid groups (broad SMARTS) is 1. The summed E-state index contributed by atoms with van der Waals surface area (Å²) in [5.74, 6) is 2.11. The number of aromatic nitrogens is 4. The van der Waals surface area contributed by atoms with E-state index in [4.69, 9.17) is 14.8 Å². The van der Waals surface area contributed by atoms with Crippen LogP contribution in [0.1, 0.15) is 33.1 Å². The van der Waals surface area contributed by atoms with Crippen LogP contribution in [0.15, 0.2) is 6.33 Å². The molecule has 0 saturated carbocycles. The zero-order valence-electron chi connectivity index (χ0n) is 15.8. The Kier molecular flexibility index (Phi) is 4.75. The van der Waals surface area contributed by atoms with Crippen molar-refractivity contribution in [2.24, 2.45) is 5.92 Å². The third kappa shape index (κ3) is 3.38. The Hall–Kier alpha value is -2.58. The Bertz CT molecular complexity index is 830. The number of imidazole rings is 1. The molecule has 146 valence electrons. The summed E-state index contributed by atoms with van der Waals surface area (Å²) < 4.78 is 8.14. The van der Waals surface area contributed by atoms with Crippen molar-refractivity contribution in [3.63, 3.8) is 0 Å². The molecular weight excluding hydrogens is 348 g/mol. The SMILES string of the molecule is CCn1c(N2CCC(C)CC2)nc2c(OC3CCN(C(=O)O)C3)ncnc21. The van der Waals surface area contributed by atoms with E-state index in [1.807, 2.05) is 0 Å². The Morgan fingerprint density at radius 2 is 2.04 bits per heavy atom. The van der Waals surface area contributed by atoms with Crippen molar-refractivity contribution in [1.29, 1.82) is 0 Å². The number of likely N-dealkylation sites (tertiary alicyclic amines) is 1. The van der Waals surface area contributed by atoms with Crippen LogP contribution in [-0.4, -0.2) is 67.9 Å². The van der Waals surface area contributed by atoms with Gasteiger partial charge in [-0.1, -0.05) is 6.92 Å². The molecule has 2 aromatic heterocycles. The summed E-state index contributed by atoms with van der Waals surface area (Å²) in [6.07, 6.45) is 3.36. The molecule has 9 nitrogen and oxygen atoms in total. The zero-order valence-corrected chi connectivity index (χ0v) is 15.8. The van der Waals surface area contributed by atoms with Gasteiger partial charge in [-0.05, 0) is 25.7 Å². The Balaban J connectivity index is 1.62. The molecule has 1 atom stereocenters. The standard InChI is InChI=1S/C18H26N6O3/c1-3-24-15-14(21-17(24)22-7-4-12(2)5-8-22)16(20-11-19-15)27-13-6-9-23(10-13)18(25)26/h11-13H,3-10H2,1-2H3,(H,25,26). The molecule has 0 aromatic carbocycles. The highest BCUT2D eigenvalue weighted by Crippen LogP contribution is 2.30. The van der Waals surface area contributed by atoms with Crippen LogP contribution in [0.4, 0.5) is 10.7 Å². The number of carbonyl (C=O) groups is 1. The van der Waals surface area contributed by atoms with Gasteiger partial charge in [0.25, 0.3) is 0 Å². The van der Waals surface area contributed by atoms with Gasteiger partial charge in [0.05, 0.1) is 6.54 Å². The Morgan fingerprint density at radius 1 is 1.26 bits per heavy atom. The van der Waals surface area contributed by atoms with Gasteiger partial charge >= 0.3 is 6.09 Å². The monoisotopic (exact) mass is 374 g/mol. The van der Waals surface area contributed by atoms with Crippen LogP contribution in [0.3, 0.4) is 0 Å². The van der Waals surface area contributed by atoms with Crippen LogP contribution < -0.4 is 9.64 Å². The third-order valence-corrected chi connectivity index (χ3v) is 5.55. The first kappa shape index (κ1) is 17.8. The van der Waals surface area contributed by atoms with Crippen molar-refractivity contribution in [1.82, 2.24) is 24.4 Å². The zero-order chi connectivity index (χ0) is 19.0. The molecule has 1 N–H and O–H groups in total. The minimum Gasteiger partial charge on any atom is -0.471 e. The predicted octanol–water partition coefficient (Wildman–Crippen LogP) is 2.21. The van der Waals surface area contributed by atoms with Crippen molar-refractivity contribution < 1.29 is 14.6 Å². The summed E-state index contributed by atoms with van der Waals surface area (Å²) in [5.41, 5.74) is 1.42. The van der Waals surface area contributed by atoms with E-state index in [1.165, 1.54) is 11.2 Å². The van der Waals surface area contributed by atoms with Crippen LogP contribution in [-0.2, 0) is 6.54 Å². The minimum absolute atomic E-state index is 0.203. The average molecular weight is 374 g/mol. The quantitative estimate of drug-likeness (QED) is 0.876. The normalized spacial score (nSPS) is 21.2. The number of nitrogens with zero attached hydrogens (tertiary/aromatic N) is 6. The molecule has 0 aliphatic carbocycles. The number of fused-ring (bicyclic) bond motifs is 1. The maximum Gasteiger partial charge on any atom is 0.407 e. The van der Waals surface area contributed by atoms with Gasteiger partial charge < -0.3 is 19.6 Å². The van der Waals surface area contributed by atoms with Crippen LogP contribution in [0, 0.1) is 5.92 Å². The number of rotatable bonds is 4. The molecule has 0 radical (unpaired) electrons. The highest BCUT2D eigenvalue weighted by atomic mass is 16.5. The maximum atomic E-state index is 11.1.